The SMILES string of the molecule is COCC(C)OP(=S)(NCc1cccc(CNC(=O)C(COC(c2ccccc2)(c2ccc(OC)cc2)c2ccc(OC)cc2)NC(=O)OCC2c3ccccc3-c3ccccc32)c1)OC. The molecule has 66 heavy (non-hydrogen) atoms. The van der Waals surface area contributed by atoms with E-state index in [-0.39, 0.29) is 31.8 Å². The van der Waals surface area contributed by atoms with Crippen molar-refractivity contribution in [2.75, 3.05) is 48.3 Å². The lowest BCUT2D eigenvalue weighted by Gasteiger charge is -2.37. The van der Waals surface area contributed by atoms with Crippen LogP contribution in [0.15, 0.2) is 152 Å². The molecule has 6 aromatic rings. The van der Waals surface area contributed by atoms with Gasteiger partial charge >= 0.3 is 6.09 Å². The molecule has 0 spiro atoms. The summed E-state index contributed by atoms with van der Waals surface area (Å²) >= 11 is 5.70. The van der Waals surface area contributed by atoms with Crippen LogP contribution in [0.4, 0.5) is 4.79 Å². The van der Waals surface area contributed by atoms with Crippen LogP contribution in [-0.2, 0) is 58.6 Å². The van der Waals surface area contributed by atoms with Crippen LogP contribution in [0, 0.1) is 0 Å². The predicted molar refractivity (Wildman–Crippen MR) is 259 cm³/mol. The Labute approximate surface area is 392 Å². The number of rotatable bonds is 22. The van der Waals surface area contributed by atoms with Gasteiger partial charge in [0.05, 0.1) is 33.5 Å². The Morgan fingerprint density at radius 1 is 0.667 bits per heavy atom. The van der Waals surface area contributed by atoms with E-state index < -0.39 is 30.3 Å². The number of hydrogen-bond donors (Lipinski definition) is 3. The third kappa shape index (κ3) is 11.4. The van der Waals surface area contributed by atoms with Gasteiger partial charge in [0.2, 0.25) is 5.91 Å². The van der Waals surface area contributed by atoms with Crippen LogP contribution in [-0.4, -0.2) is 72.4 Å². The minimum absolute atomic E-state index is 0.0643. The molecular weight excluding hydrogens is 874 g/mol. The van der Waals surface area contributed by atoms with Crippen LogP contribution in [0.5, 0.6) is 11.5 Å². The quantitative estimate of drug-likeness (QED) is 0.0445. The predicted octanol–water partition coefficient (Wildman–Crippen LogP) is 9.25. The first-order chi connectivity index (χ1) is 32.1. The largest absolute Gasteiger partial charge is 0.497 e. The van der Waals surface area contributed by atoms with Crippen molar-refractivity contribution in [1.82, 2.24) is 15.7 Å². The molecule has 0 aromatic heterocycles. The number of carbonyl (C=O) groups is 2. The molecule has 0 radical (unpaired) electrons. The summed E-state index contributed by atoms with van der Waals surface area (Å²) in [6.07, 6.45) is -1.03. The molecular formula is C52H56N3O9PS. The second-order valence-corrected chi connectivity index (χ2v) is 19.1. The van der Waals surface area contributed by atoms with Crippen LogP contribution in [0.2, 0.25) is 0 Å². The molecule has 3 N–H and O–H groups in total. The highest BCUT2D eigenvalue weighted by molar-refractivity contribution is 8.08. The van der Waals surface area contributed by atoms with Gasteiger partial charge in [-0.25, -0.2) is 9.88 Å². The summed E-state index contributed by atoms with van der Waals surface area (Å²) in [7, 11) is 6.34. The molecule has 1 aliphatic carbocycles. The molecule has 0 fully saturated rings. The highest BCUT2D eigenvalue weighted by Gasteiger charge is 2.40. The van der Waals surface area contributed by atoms with Crippen molar-refractivity contribution >= 4 is 30.4 Å². The maximum Gasteiger partial charge on any atom is 0.407 e. The molecule has 1 aliphatic rings. The number of benzene rings is 6. The fraction of sp³-hybridized carbons (Fsp3) is 0.269. The van der Waals surface area contributed by atoms with Gasteiger partial charge in [-0.1, -0.05) is 127 Å². The Morgan fingerprint density at radius 2 is 1.21 bits per heavy atom. The molecule has 3 unspecified atom stereocenters. The molecule has 344 valence electrons. The first kappa shape index (κ1) is 48.1. The molecule has 3 atom stereocenters. The summed E-state index contributed by atoms with van der Waals surface area (Å²) in [6, 6.07) is 47.7. The molecule has 6 aromatic carbocycles. The van der Waals surface area contributed by atoms with E-state index in [1.54, 1.807) is 21.3 Å². The normalized spacial score (nSPS) is 14.0. The van der Waals surface area contributed by atoms with Crippen LogP contribution in [0.3, 0.4) is 0 Å². The minimum atomic E-state index is -2.81. The molecule has 0 saturated heterocycles. The van der Waals surface area contributed by atoms with E-state index in [1.807, 2.05) is 134 Å². The van der Waals surface area contributed by atoms with Gasteiger partial charge in [0.15, 0.2) is 0 Å². The van der Waals surface area contributed by atoms with Gasteiger partial charge in [0, 0.05) is 33.2 Å². The van der Waals surface area contributed by atoms with Crippen LogP contribution in [0.1, 0.15) is 51.8 Å². The molecule has 0 heterocycles. The number of carbonyl (C=O) groups excluding carboxylic acids is 2. The minimum Gasteiger partial charge on any atom is -0.497 e. The zero-order chi connectivity index (χ0) is 46.5. The lowest BCUT2D eigenvalue weighted by atomic mass is 9.80. The summed E-state index contributed by atoms with van der Waals surface area (Å²) in [6.45, 7) is -0.244. The fourth-order valence-electron chi connectivity index (χ4n) is 8.24. The number of nitrogens with one attached hydrogen (secondary N) is 3. The van der Waals surface area contributed by atoms with Crippen molar-refractivity contribution in [3.05, 3.63) is 191 Å². The Balaban J connectivity index is 1.16. The average Bonchev–Trinajstić information content (AvgIpc) is 3.68. The molecule has 0 saturated carbocycles. The second kappa shape index (κ2) is 22.5. The number of fused-ring (bicyclic) bond motifs is 3. The average molecular weight is 930 g/mol. The van der Waals surface area contributed by atoms with Crippen LogP contribution < -0.4 is 25.2 Å². The van der Waals surface area contributed by atoms with E-state index in [2.05, 4.69) is 40.0 Å². The van der Waals surface area contributed by atoms with Crippen molar-refractivity contribution in [2.24, 2.45) is 0 Å². The van der Waals surface area contributed by atoms with Gasteiger partial charge in [0.1, 0.15) is 29.7 Å². The molecule has 0 aliphatic heterocycles. The monoisotopic (exact) mass is 929 g/mol. The maximum atomic E-state index is 14.5. The summed E-state index contributed by atoms with van der Waals surface area (Å²) in [5, 5.41) is 9.18. The van der Waals surface area contributed by atoms with Crippen LogP contribution in [0.25, 0.3) is 11.1 Å². The van der Waals surface area contributed by atoms with E-state index >= 15 is 0 Å². The lowest BCUT2D eigenvalue weighted by Crippen LogP contribution is -2.51. The van der Waals surface area contributed by atoms with Crippen molar-refractivity contribution < 1.29 is 42.3 Å². The van der Waals surface area contributed by atoms with Gasteiger partial charge in [-0.3, -0.25) is 4.79 Å². The van der Waals surface area contributed by atoms with Crippen molar-refractivity contribution in [1.29, 1.82) is 0 Å². The first-order valence-electron chi connectivity index (χ1n) is 21.6. The Morgan fingerprint density at radius 3 is 1.77 bits per heavy atom. The van der Waals surface area contributed by atoms with Gasteiger partial charge in [-0.15, -0.1) is 0 Å². The van der Waals surface area contributed by atoms with E-state index in [1.165, 1.54) is 7.11 Å². The summed E-state index contributed by atoms with van der Waals surface area (Å²) in [5.74, 6) is 0.673. The van der Waals surface area contributed by atoms with E-state index in [0.717, 1.165) is 50.1 Å². The number of methoxy groups -OCH3 is 3. The smallest absolute Gasteiger partial charge is 0.407 e. The fourth-order valence-corrected chi connectivity index (χ4v) is 10.1. The Hall–Kier alpha value is -5.89. The highest BCUT2D eigenvalue weighted by atomic mass is 32.5. The van der Waals surface area contributed by atoms with Gasteiger partial charge in [0.25, 0.3) is 6.64 Å². The van der Waals surface area contributed by atoms with Crippen molar-refractivity contribution in [2.45, 2.75) is 43.7 Å². The standard InChI is InChI=1S/C52H56N3O9PS/c1-36(33-58-2)64-65(66,61-5)54-32-38-15-13-14-37(30-38)31-53-50(56)49(55-51(57)62-34-48-46-20-11-9-18-44(46)45-19-10-12-21-47(45)48)35-63-52(39-16-7-6-8-17-39,40-22-26-42(59-3)27-23-40)41-24-28-43(60-4)29-25-41/h6-30,36,48-49H,31-35H2,1-5H3,(H,53,56)(H,54,66)(H,55,57). The third-order valence-corrected chi connectivity index (χ3v) is 14.2. The number of amides is 2. The van der Waals surface area contributed by atoms with Gasteiger partial charge in [-0.2, -0.15) is 0 Å². The summed E-state index contributed by atoms with van der Waals surface area (Å²) in [4.78, 5) is 28.5. The molecule has 7 rings (SSSR count). The summed E-state index contributed by atoms with van der Waals surface area (Å²) in [5.41, 5.74) is 7.14. The second-order valence-electron chi connectivity index (χ2n) is 15.8. The number of ether oxygens (including phenoxy) is 5. The van der Waals surface area contributed by atoms with Crippen molar-refractivity contribution in [3.8, 4) is 22.6 Å². The van der Waals surface area contributed by atoms with Crippen molar-refractivity contribution in [3.63, 3.8) is 0 Å². The molecule has 14 heteroatoms. The Bertz CT molecular complexity index is 2500. The first-order valence-corrected chi connectivity index (χ1v) is 24.3. The topological polar surface area (TPSA) is 135 Å². The highest BCUT2D eigenvalue weighted by Crippen LogP contribution is 2.46. The van der Waals surface area contributed by atoms with E-state index in [4.69, 9.17) is 44.5 Å². The molecule has 2 amide bonds. The zero-order valence-electron chi connectivity index (χ0n) is 37.7. The maximum absolute atomic E-state index is 14.5. The van der Waals surface area contributed by atoms with E-state index in [0.29, 0.717) is 24.7 Å². The van der Waals surface area contributed by atoms with E-state index in [9.17, 15) is 9.59 Å². The van der Waals surface area contributed by atoms with Gasteiger partial charge < -0.3 is 43.4 Å². The van der Waals surface area contributed by atoms with Crippen LogP contribution >= 0.6 is 6.64 Å². The molecule has 12 nitrogen and oxygen atoms in total. The Kier molecular flexibility index (Phi) is 16.4. The number of hydrogen-bond acceptors (Lipinski definition) is 10. The number of alkyl carbamates (subject to hydrolysis) is 1. The zero-order valence-corrected chi connectivity index (χ0v) is 39.4. The third-order valence-electron chi connectivity index (χ3n) is 11.5. The molecule has 0 bridgehead atoms. The van der Waals surface area contributed by atoms with Gasteiger partial charge in [-0.05, 0) is 93.1 Å². The lowest BCUT2D eigenvalue weighted by molar-refractivity contribution is -0.126. The summed E-state index contributed by atoms with van der Waals surface area (Å²) < 4.78 is 40.9.